The fraction of sp³-hybridized carbons (Fsp3) is 0.467. The number of halogens is 1. The summed E-state index contributed by atoms with van der Waals surface area (Å²) in [5.41, 5.74) is 1.19. The van der Waals surface area contributed by atoms with Crippen LogP contribution in [-0.4, -0.2) is 49.3 Å². The molecule has 0 saturated heterocycles. The number of amides is 2. The van der Waals surface area contributed by atoms with Gasteiger partial charge in [0.2, 0.25) is 11.8 Å². The van der Waals surface area contributed by atoms with E-state index >= 15 is 0 Å². The first-order valence-corrected chi connectivity index (χ1v) is 7.40. The maximum Gasteiger partial charge on any atom is 0.241 e. The second-order valence-corrected chi connectivity index (χ2v) is 6.40. The number of benzene rings is 1. The molecule has 0 aliphatic heterocycles. The maximum atomic E-state index is 12.3. The average Bonchev–Trinajstić information content (AvgIpc) is 3.18. The first-order chi connectivity index (χ1) is 9.40. The third kappa shape index (κ3) is 3.39. The molecule has 2 amide bonds. The van der Waals surface area contributed by atoms with Crippen LogP contribution in [0.3, 0.4) is 0 Å². The summed E-state index contributed by atoms with van der Waals surface area (Å²) in [6, 6.07) is 8.09. The van der Waals surface area contributed by atoms with E-state index in [-0.39, 0.29) is 24.3 Å². The molecule has 1 aromatic rings. The largest absolute Gasteiger partial charge is 0.347 e. The van der Waals surface area contributed by atoms with Crippen molar-refractivity contribution < 1.29 is 9.59 Å². The fourth-order valence-electron chi connectivity index (χ4n) is 2.25. The highest BCUT2D eigenvalue weighted by Crippen LogP contribution is 2.48. The highest BCUT2D eigenvalue weighted by Gasteiger charge is 2.45. The van der Waals surface area contributed by atoms with Crippen molar-refractivity contribution in [3.05, 3.63) is 34.3 Å². The molecule has 2 rings (SSSR count). The van der Waals surface area contributed by atoms with E-state index in [1.165, 1.54) is 15.4 Å². The van der Waals surface area contributed by atoms with Gasteiger partial charge >= 0.3 is 0 Å². The molecule has 4 nitrogen and oxygen atoms in total. The first-order valence-electron chi connectivity index (χ1n) is 6.60. The molecular formula is C15H19BrN2O2. The Bertz CT molecular complexity index is 513. The molecule has 0 radical (unpaired) electrons. The molecule has 1 aliphatic carbocycles. The highest BCUT2D eigenvalue weighted by atomic mass is 79.9. The summed E-state index contributed by atoms with van der Waals surface area (Å²) < 4.78 is 1.04. The number of hydrogen-bond acceptors (Lipinski definition) is 2. The zero-order valence-electron chi connectivity index (χ0n) is 12.0. The molecule has 1 aliphatic rings. The van der Waals surface area contributed by atoms with E-state index in [4.69, 9.17) is 0 Å². The van der Waals surface area contributed by atoms with Crippen LogP contribution in [-0.2, 0) is 9.59 Å². The van der Waals surface area contributed by atoms with Gasteiger partial charge in [-0.25, -0.2) is 0 Å². The van der Waals surface area contributed by atoms with Crippen LogP contribution in [0.1, 0.15) is 17.9 Å². The summed E-state index contributed by atoms with van der Waals surface area (Å²) in [5.74, 6) is 0.332. The van der Waals surface area contributed by atoms with Crippen molar-refractivity contribution in [3.8, 4) is 0 Å². The Hall–Kier alpha value is -1.36. The topological polar surface area (TPSA) is 40.6 Å². The number of carbonyl (C=O) groups is 2. The van der Waals surface area contributed by atoms with Crippen molar-refractivity contribution in [2.75, 3.05) is 27.7 Å². The van der Waals surface area contributed by atoms with Gasteiger partial charge in [-0.3, -0.25) is 9.59 Å². The van der Waals surface area contributed by atoms with Crippen LogP contribution in [0.5, 0.6) is 0 Å². The van der Waals surface area contributed by atoms with E-state index in [0.717, 1.165) is 10.9 Å². The van der Waals surface area contributed by atoms with Gasteiger partial charge in [-0.15, -0.1) is 0 Å². The Morgan fingerprint density at radius 2 is 1.80 bits per heavy atom. The van der Waals surface area contributed by atoms with E-state index < -0.39 is 0 Å². The summed E-state index contributed by atoms with van der Waals surface area (Å²) in [4.78, 5) is 26.9. The molecule has 0 bridgehead atoms. The van der Waals surface area contributed by atoms with E-state index in [0.29, 0.717) is 5.92 Å². The Kier molecular flexibility index (Phi) is 4.48. The third-order valence-corrected chi connectivity index (χ3v) is 4.18. The monoisotopic (exact) mass is 338 g/mol. The lowest BCUT2D eigenvalue weighted by atomic mass is 10.1. The van der Waals surface area contributed by atoms with Crippen molar-refractivity contribution >= 4 is 27.7 Å². The van der Waals surface area contributed by atoms with Crippen molar-refractivity contribution in [3.63, 3.8) is 0 Å². The Balaban J connectivity index is 1.92. The normalized spacial score (nSPS) is 20.4. The molecule has 0 N–H and O–H groups in total. The minimum atomic E-state index is -0.0540. The van der Waals surface area contributed by atoms with Crippen molar-refractivity contribution in [1.29, 1.82) is 0 Å². The molecule has 0 spiro atoms. The van der Waals surface area contributed by atoms with Crippen molar-refractivity contribution in [1.82, 2.24) is 9.80 Å². The van der Waals surface area contributed by atoms with Gasteiger partial charge in [0.05, 0.1) is 6.54 Å². The first kappa shape index (κ1) is 15.0. The smallest absolute Gasteiger partial charge is 0.241 e. The fourth-order valence-corrected chi connectivity index (χ4v) is 2.52. The molecule has 1 aromatic carbocycles. The zero-order valence-corrected chi connectivity index (χ0v) is 13.6. The molecule has 1 saturated carbocycles. The van der Waals surface area contributed by atoms with E-state index in [1.807, 2.05) is 24.3 Å². The van der Waals surface area contributed by atoms with Gasteiger partial charge in [0.1, 0.15) is 0 Å². The number of rotatable bonds is 4. The molecule has 0 unspecified atom stereocenters. The second-order valence-electron chi connectivity index (χ2n) is 5.48. The van der Waals surface area contributed by atoms with Crippen molar-refractivity contribution in [2.45, 2.75) is 12.3 Å². The summed E-state index contributed by atoms with van der Waals surface area (Å²) >= 11 is 3.41. The SMILES string of the molecule is CN(C)C(=O)CN(C)C(=O)[C@H]1C[C@@H]1c1ccc(Br)cc1. The number of hydrogen-bond donors (Lipinski definition) is 0. The van der Waals surface area contributed by atoms with E-state index in [9.17, 15) is 9.59 Å². The molecule has 108 valence electrons. The van der Waals surface area contributed by atoms with Crippen LogP contribution in [0.4, 0.5) is 0 Å². The van der Waals surface area contributed by atoms with Crippen LogP contribution in [0.25, 0.3) is 0 Å². The van der Waals surface area contributed by atoms with Gasteiger partial charge in [0.25, 0.3) is 0 Å². The van der Waals surface area contributed by atoms with Gasteiger partial charge in [-0.1, -0.05) is 28.1 Å². The van der Waals surface area contributed by atoms with E-state index in [2.05, 4.69) is 15.9 Å². The average molecular weight is 339 g/mol. The number of carbonyl (C=O) groups excluding carboxylic acids is 2. The molecule has 1 fully saturated rings. The Labute approximate surface area is 127 Å². The van der Waals surface area contributed by atoms with Gasteiger partial charge in [0.15, 0.2) is 0 Å². The summed E-state index contributed by atoms with van der Waals surface area (Å²) in [5, 5.41) is 0. The predicted molar refractivity (Wildman–Crippen MR) is 81.3 cm³/mol. The standard InChI is InChI=1S/C15H19BrN2O2/c1-17(2)14(19)9-18(3)15(20)13-8-12(13)10-4-6-11(16)7-5-10/h4-7,12-13H,8-9H2,1-3H3/t12-,13+/m1/s1. The molecule has 20 heavy (non-hydrogen) atoms. The van der Waals surface area contributed by atoms with Crippen LogP contribution in [0.15, 0.2) is 28.7 Å². The van der Waals surface area contributed by atoms with Gasteiger partial charge in [-0.05, 0) is 30.0 Å². The van der Waals surface area contributed by atoms with Crippen LogP contribution in [0.2, 0.25) is 0 Å². The van der Waals surface area contributed by atoms with Crippen molar-refractivity contribution in [2.24, 2.45) is 5.92 Å². The number of nitrogens with zero attached hydrogens (tertiary/aromatic N) is 2. The second kappa shape index (κ2) is 5.95. The van der Waals surface area contributed by atoms with Gasteiger partial charge in [0, 0.05) is 31.5 Å². The lowest BCUT2D eigenvalue weighted by molar-refractivity contribution is -0.138. The van der Waals surface area contributed by atoms with Crippen LogP contribution in [0, 0.1) is 5.92 Å². The number of likely N-dealkylation sites (N-methyl/N-ethyl adjacent to an activating group) is 2. The van der Waals surface area contributed by atoms with Gasteiger partial charge < -0.3 is 9.80 Å². The molecule has 0 heterocycles. The predicted octanol–water partition coefficient (Wildman–Crippen LogP) is 2.10. The molecular weight excluding hydrogens is 320 g/mol. The van der Waals surface area contributed by atoms with Crippen LogP contribution < -0.4 is 0 Å². The minimum absolute atomic E-state index is 0.0242. The highest BCUT2D eigenvalue weighted by molar-refractivity contribution is 9.10. The zero-order chi connectivity index (χ0) is 14.9. The lowest BCUT2D eigenvalue weighted by Crippen LogP contribution is -2.38. The van der Waals surface area contributed by atoms with Gasteiger partial charge in [-0.2, -0.15) is 0 Å². The molecule has 5 heteroatoms. The Morgan fingerprint density at radius 3 is 2.35 bits per heavy atom. The Morgan fingerprint density at radius 1 is 1.20 bits per heavy atom. The maximum absolute atomic E-state index is 12.3. The summed E-state index contributed by atoms with van der Waals surface area (Å²) in [7, 11) is 5.09. The third-order valence-electron chi connectivity index (χ3n) is 3.65. The summed E-state index contributed by atoms with van der Waals surface area (Å²) in [6.07, 6.45) is 0.876. The molecule has 0 aromatic heterocycles. The summed E-state index contributed by atoms with van der Waals surface area (Å²) in [6.45, 7) is 0.148. The lowest BCUT2D eigenvalue weighted by Gasteiger charge is -2.19. The van der Waals surface area contributed by atoms with E-state index in [1.54, 1.807) is 21.1 Å². The van der Waals surface area contributed by atoms with Crippen LogP contribution >= 0.6 is 15.9 Å². The minimum Gasteiger partial charge on any atom is -0.347 e. The molecule has 2 atom stereocenters. The quantitative estimate of drug-likeness (QED) is 0.843.